The fraction of sp³-hybridized carbons (Fsp3) is 0.0526. The summed E-state index contributed by atoms with van der Waals surface area (Å²) < 4.78 is 38.5. The Bertz CT molecular complexity index is 1350. The highest BCUT2D eigenvalue weighted by Gasteiger charge is 2.19. The van der Waals surface area contributed by atoms with Crippen LogP contribution in [0.15, 0.2) is 52.1 Å². The fourth-order valence-corrected chi connectivity index (χ4v) is 4.24. The first-order valence-electron chi connectivity index (χ1n) is 8.36. The Hall–Kier alpha value is -3.24. The van der Waals surface area contributed by atoms with Crippen LogP contribution in [0.5, 0.6) is 0 Å². The monoisotopic (exact) mass is 430 g/mol. The largest absolute Gasteiger partial charge is 0.398 e. The molecule has 2 aromatic carbocycles. The maximum absolute atomic E-state index is 15.1. The van der Waals surface area contributed by atoms with Crippen molar-refractivity contribution in [3.63, 3.8) is 0 Å². The number of nitrogens with two attached hydrogens (primary N) is 1. The van der Waals surface area contributed by atoms with Crippen LogP contribution < -0.4 is 11.1 Å². The van der Waals surface area contributed by atoms with Crippen molar-refractivity contribution >= 4 is 49.5 Å². The van der Waals surface area contributed by atoms with E-state index in [0.717, 1.165) is 6.26 Å². The molecule has 0 unspecified atom stereocenters. The smallest absolute Gasteiger partial charge is 0.257 e. The van der Waals surface area contributed by atoms with Gasteiger partial charge in [0.1, 0.15) is 5.52 Å². The van der Waals surface area contributed by atoms with Gasteiger partial charge in [0.25, 0.3) is 5.91 Å². The number of rotatable bonds is 4. The Morgan fingerprint density at radius 3 is 2.62 bits per heavy atom. The second kappa shape index (κ2) is 6.98. The molecule has 0 fully saturated rings. The van der Waals surface area contributed by atoms with E-state index in [-0.39, 0.29) is 33.4 Å². The molecule has 4 N–H and O–H groups in total. The number of aromatic amines is 1. The highest BCUT2D eigenvalue weighted by Crippen LogP contribution is 2.34. The molecule has 4 aromatic rings. The number of fused-ring (bicyclic) bond motifs is 1. The topological polar surface area (TPSA) is 118 Å². The lowest BCUT2D eigenvalue weighted by Crippen LogP contribution is -2.11. The number of anilines is 2. The summed E-state index contributed by atoms with van der Waals surface area (Å²) in [6, 6.07) is 8.95. The molecule has 29 heavy (non-hydrogen) atoms. The van der Waals surface area contributed by atoms with Gasteiger partial charge in [-0.05, 0) is 29.6 Å². The zero-order valence-electron chi connectivity index (χ0n) is 15.1. The fourth-order valence-electron chi connectivity index (χ4n) is 2.95. The molecular weight excluding hydrogens is 415 g/mol. The van der Waals surface area contributed by atoms with E-state index in [4.69, 9.17) is 5.73 Å². The lowest BCUT2D eigenvalue weighted by molar-refractivity contribution is 0.102. The molecular formula is C19H15FN4O3S2. The van der Waals surface area contributed by atoms with E-state index in [1.165, 1.54) is 35.6 Å². The molecule has 2 aromatic heterocycles. The molecule has 1 amide bonds. The van der Waals surface area contributed by atoms with Crippen LogP contribution in [0.1, 0.15) is 10.4 Å². The van der Waals surface area contributed by atoms with Gasteiger partial charge >= 0.3 is 0 Å². The first-order chi connectivity index (χ1) is 13.8. The van der Waals surface area contributed by atoms with Gasteiger partial charge in [-0.15, -0.1) is 0 Å². The van der Waals surface area contributed by atoms with Crippen molar-refractivity contribution in [1.29, 1.82) is 0 Å². The Labute approximate surface area is 169 Å². The van der Waals surface area contributed by atoms with Crippen LogP contribution in [-0.4, -0.2) is 30.8 Å². The predicted octanol–water partition coefficient (Wildman–Crippen LogP) is 3.67. The average Bonchev–Trinajstić information content (AvgIpc) is 3.32. The van der Waals surface area contributed by atoms with Gasteiger partial charge in [0.05, 0.1) is 10.5 Å². The van der Waals surface area contributed by atoms with Crippen molar-refractivity contribution in [3.8, 4) is 11.1 Å². The lowest BCUT2D eigenvalue weighted by Gasteiger charge is -2.09. The molecule has 0 atom stereocenters. The summed E-state index contributed by atoms with van der Waals surface area (Å²) in [6.07, 6.45) is 1.07. The van der Waals surface area contributed by atoms with Crippen LogP contribution in [-0.2, 0) is 9.84 Å². The molecule has 0 aliphatic heterocycles. The number of aromatic nitrogens is 2. The first kappa shape index (κ1) is 19.1. The van der Waals surface area contributed by atoms with E-state index in [2.05, 4.69) is 15.5 Å². The molecule has 0 spiro atoms. The summed E-state index contributed by atoms with van der Waals surface area (Å²) in [7, 11) is -3.43. The number of sulfone groups is 1. The maximum atomic E-state index is 15.1. The summed E-state index contributed by atoms with van der Waals surface area (Å²) in [5.74, 6) is -0.739. The number of H-pyrrole nitrogens is 1. The van der Waals surface area contributed by atoms with Gasteiger partial charge in [-0.2, -0.15) is 16.4 Å². The van der Waals surface area contributed by atoms with Gasteiger partial charge in [-0.1, -0.05) is 12.1 Å². The van der Waals surface area contributed by atoms with Gasteiger partial charge in [0.15, 0.2) is 21.5 Å². The number of amides is 1. The number of benzene rings is 2. The first-order valence-corrected chi connectivity index (χ1v) is 11.2. The minimum Gasteiger partial charge on any atom is -0.398 e. The normalized spacial score (nSPS) is 11.7. The zero-order chi connectivity index (χ0) is 20.8. The van der Waals surface area contributed by atoms with Crippen molar-refractivity contribution in [2.45, 2.75) is 4.90 Å². The highest BCUT2D eigenvalue weighted by molar-refractivity contribution is 7.90. The van der Waals surface area contributed by atoms with Crippen LogP contribution in [0.2, 0.25) is 0 Å². The number of nitrogen functional groups attached to an aromatic ring is 1. The zero-order valence-corrected chi connectivity index (χ0v) is 16.7. The van der Waals surface area contributed by atoms with Crippen molar-refractivity contribution < 1.29 is 17.6 Å². The summed E-state index contributed by atoms with van der Waals surface area (Å²) >= 11 is 1.39. The number of halogens is 1. The molecule has 10 heteroatoms. The van der Waals surface area contributed by atoms with Crippen molar-refractivity contribution in [3.05, 3.63) is 58.5 Å². The van der Waals surface area contributed by atoms with Crippen LogP contribution in [0.3, 0.4) is 0 Å². The van der Waals surface area contributed by atoms with E-state index < -0.39 is 15.7 Å². The molecule has 0 radical (unpaired) electrons. The maximum Gasteiger partial charge on any atom is 0.257 e. The van der Waals surface area contributed by atoms with Crippen LogP contribution in [0.4, 0.5) is 15.9 Å². The van der Waals surface area contributed by atoms with Gasteiger partial charge in [-0.3, -0.25) is 9.89 Å². The molecule has 148 valence electrons. The molecule has 0 aliphatic carbocycles. The molecule has 7 nitrogen and oxygen atoms in total. The Morgan fingerprint density at radius 2 is 1.97 bits per heavy atom. The highest BCUT2D eigenvalue weighted by atomic mass is 32.2. The number of carbonyl (C=O) groups is 1. The Balaban J connectivity index is 1.74. The summed E-state index contributed by atoms with van der Waals surface area (Å²) in [6.45, 7) is 0. The predicted molar refractivity (Wildman–Crippen MR) is 111 cm³/mol. The molecule has 2 heterocycles. The van der Waals surface area contributed by atoms with Crippen LogP contribution in [0.25, 0.3) is 22.0 Å². The Kier molecular flexibility index (Phi) is 4.59. The molecule has 0 aliphatic rings. The van der Waals surface area contributed by atoms with E-state index in [1.807, 2.05) is 0 Å². The van der Waals surface area contributed by atoms with Crippen LogP contribution >= 0.6 is 11.3 Å². The summed E-state index contributed by atoms with van der Waals surface area (Å²) in [4.78, 5) is 12.3. The van der Waals surface area contributed by atoms with E-state index in [1.54, 1.807) is 22.9 Å². The Morgan fingerprint density at radius 1 is 1.21 bits per heavy atom. The molecule has 4 rings (SSSR count). The quantitative estimate of drug-likeness (QED) is 0.427. The minimum atomic E-state index is -3.43. The number of nitrogens with one attached hydrogen (secondary N) is 2. The third-order valence-corrected chi connectivity index (χ3v) is 6.23. The number of hydrogen-bond donors (Lipinski definition) is 3. The van der Waals surface area contributed by atoms with E-state index in [9.17, 15) is 13.2 Å². The molecule has 0 saturated heterocycles. The summed E-state index contributed by atoms with van der Waals surface area (Å²) in [5, 5.41) is 13.1. The lowest BCUT2D eigenvalue weighted by atomic mass is 10.0. The minimum absolute atomic E-state index is 0.0557. The van der Waals surface area contributed by atoms with E-state index >= 15 is 4.39 Å². The standard InChI is InChI=1S/C19H15FN4O3S2/c1-29(26,27)11-2-3-12(15(21)8-11)13-4-5-14-17(16(13)20)23-24-18(14)22-19(25)10-6-7-28-9-10/h2-9H,21H2,1H3,(H2,22,23,24,25). The second-order valence-electron chi connectivity index (χ2n) is 6.41. The number of nitrogens with zero attached hydrogens (tertiary/aromatic N) is 1. The number of carbonyl (C=O) groups excluding carboxylic acids is 1. The van der Waals surface area contributed by atoms with Gasteiger partial charge < -0.3 is 11.1 Å². The van der Waals surface area contributed by atoms with Crippen molar-refractivity contribution in [2.75, 3.05) is 17.3 Å². The SMILES string of the molecule is CS(=O)(=O)c1ccc(-c2ccc3c(NC(=O)c4ccsc4)n[nH]c3c2F)c(N)c1. The molecule has 0 saturated carbocycles. The average molecular weight is 430 g/mol. The second-order valence-corrected chi connectivity index (χ2v) is 9.21. The van der Waals surface area contributed by atoms with Gasteiger partial charge in [0, 0.05) is 33.8 Å². The molecule has 0 bridgehead atoms. The van der Waals surface area contributed by atoms with E-state index in [0.29, 0.717) is 16.5 Å². The summed E-state index contributed by atoms with van der Waals surface area (Å²) in [5.41, 5.74) is 7.25. The van der Waals surface area contributed by atoms with Crippen LogP contribution in [0, 0.1) is 5.82 Å². The number of hydrogen-bond acceptors (Lipinski definition) is 6. The number of thiophene rings is 1. The third-order valence-electron chi connectivity index (χ3n) is 4.43. The third kappa shape index (κ3) is 3.47. The van der Waals surface area contributed by atoms with Crippen molar-refractivity contribution in [1.82, 2.24) is 10.2 Å². The van der Waals surface area contributed by atoms with Gasteiger partial charge in [-0.25, -0.2) is 12.8 Å². The van der Waals surface area contributed by atoms with Gasteiger partial charge in [0.2, 0.25) is 0 Å². The van der Waals surface area contributed by atoms with Crippen molar-refractivity contribution in [2.24, 2.45) is 0 Å².